The van der Waals surface area contributed by atoms with Gasteiger partial charge in [0.25, 0.3) is 0 Å². The van der Waals surface area contributed by atoms with Gasteiger partial charge in [-0.15, -0.1) is 0 Å². The van der Waals surface area contributed by atoms with Crippen molar-refractivity contribution in [1.82, 2.24) is 4.90 Å². The minimum Gasteiger partial charge on any atom is -0.395 e. The van der Waals surface area contributed by atoms with Crippen LogP contribution in [0.2, 0.25) is 0 Å². The van der Waals surface area contributed by atoms with Crippen LogP contribution in [0.25, 0.3) is 0 Å². The van der Waals surface area contributed by atoms with E-state index >= 15 is 0 Å². The largest absolute Gasteiger partial charge is 0.395 e. The van der Waals surface area contributed by atoms with E-state index in [1.54, 1.807) is 6.08 Å². The minimum atomic E-state index is 0.158. The second-order valence-electron chi connectivity index (χ2n) is 2.05. The number of aliphatic hydroxyl groups excluding tert-OH is 1. The Balaban J connectivity index is 3.28. The highest BCUT2D eigenvalue weighted by Gasteiger charge is 1.90. The third kappa shape index (κ3) is 5.47. The molecule has 0 spiro atoms. The Morgan fingerprint density at radius 1 is 1.60 bits per heavy atom. The van der Waals surface area contributed by atoms with Crippen molar-refractivity contribution in [1.29, 1.82) is 0 Å². The molecule has 0 unspecified atom stereocenters. The van der Waals surface area contributed by atoms with Crippen LogP contribution in [0, 0.1) is 0 Å². The smallest absolute Gasteiger partial charge is 0.142 e. The van der Waals surface area contributed by atoms with E-state index in [1.807, 2.05) is 11.9 Å². The molecule has 0 aromatic rings. The summed E-state index contributed by atoms with van der Waals surface area (Å²) in [5.41, 5.74) is 0. The normalized spacial score (nSPS) is 11.1. The lowest BCUT2D eigenvalue weighted by Gasteiger charge is -2.10. The molecule has 3 nitrogen and oxygen atoms in total. The maximum atomic E-state index is 9.79. The number of allylic oxidation sites excluding steroid dienone is 1. The summed E-state index contributed by atoms with van der Waals surface area (Å²) in [6.07, 6.45) is 3.95. The number of nitrogens with zero attached hydrogens (tertiary/aromatic N) is 1. The molecule has 1 N–H and O–H groups in total. The van der Waals surface area contributed by atoms with Gasteiger partial charge in [0.2, 0.25) is 0 Å². The van der Waals surface area contributed by atoms with Gasteiger partial charge in [-0.05, 0) is 13.1 Å². The van der Waals surface area contributed by atoms with E-state index in [1.165, 1.54) is 6.08 Å². The molecule has 0 fully saturated rings. The summed E-state index contributed by atoms with van der Waals surface area (Å²) in [6.45, 7) is 1.51. The van der Waals surface area contributed by atoms with Gasteiger partial charge in [-0.25, -0.2) is 0 Å². The van der Waals surface area contributed by atoms with Gasteiger partial charge in [0.05, 0.1) is 6.61 Å². The van der Waals surface area contributed by atoms with E-state index in [9.17, 15) is 4.79 Å². The fourth-order valence-corrected chi connectivity index (χ4v) is 0.558. The van der Waals surface area contributed by atoms with Gasteiger partial charge in [0, 0.05) is 13.1 Å². The van der Waals surface area contributed by atoms with Crippen LogP contribution in [0.3, 0.4) is 0 Å². The number of carbonyl (C=O) groups is 1. The van der Waals surface area contributed by atoms with Crippen molar-refractivity contribution in [3.8, 4) is 0 Å². The molecular weight excluding hydrogens is 130 g/mol. The molecule has 0 amide bonds. The topological polar surface area (TPSA) is 40.5 Å². The first kappa shape index (κ1) is 9.33. The molecule has 0 saturated heterocycles. The molecule has 0 heterocycles. The van der Waals surface area contributed by atoms with Crippen molar-refractivity contribution in [2.45, 2.75) is 0 Å². The SMILES string of the molecule is CN(CC=CC=O)CCO. The summed E-state index contributed by atoms with van der Waals surface area (Å²) in [7, 11) is 1.88. The van der Waals surface area contributed by atoms with Crippen molar-refractivity contribution < 1.29 is 9.90 Å². The highest BCUT2D eigenvalue weighted by atomic mass is 16.3. The van der Waals surface area contributed by atoms with Crippen molar-refractivity contribution in [3.05, 3.63) is 12.2 Å². The second-order valence-corrected chi connectivity index (χ2v) is 2.05. The Hall–Kier alpha value is -0.670. The van der Waals surface area contributed by atoms with Gasteiger partial charge in [0.1, 0.15) is 6.29 Å². The highest BCUT2D eigenvalue weighted by Crippen LogP contribution is 1.80. The van der Waals surface area contributed by atoms with Crippen molar-refractivity contribution >= 4 is 6.29 Å². The van der Waals surface area contributed by atoms with Crippen LogP contribution < -0.4 is 0 Å². The lowest BCUT2D eigenvalue weighted by Crippen LogP contribution is -2.21. The summed E-state index contributed by atoms with van der Waals surface area (Å²) >= 11 is 0. The molecule has 0 aromatic carbocycles. The maximum absolute atomic E-state index is 9.79. The number of likely N-dealkylation sites (N-methyl/N-ethyl adjacent to an activating group) is 1. The molecular formula is C7H13NO2. The molecule has 0 radical (unpaired) electrons. The molecule has 0 aliphatic rings. The van der Waals surface area contributed by atoms with Crippen LogP contribution in [0.15, 0.2) is 12.2 Å². The van der Waals surface area contributed by atoms with Crippen molar-refractivity contribution in [3.63, 3.8) is 0 Å². The number of aldehydes is 1. The van der Waals surface area contributed by atoms with Gasteiger partial charge >= 0.3 is 0 Å². The Bertz CT molecular complexity index is 112. The average molecular weight is 143 g/mol. The molecule has 0 aliphatic heterocycles. The molecule has 58 valence electrons. The number of hydrogen-bond acceptors (Lipinski definition) is 3. The summed E-state index contributed by atoms with van der Waals surface area (Å²) < 4.78 is 0. The van der Waals surface area contributed by atoms with Gasteiger partial charge in [-0.1, -0.05) is 6.08 Å². The first-order valence-corrected chi connectivity index (χ1v) is 3.21. The third-order valence-electron chi connectivity index (χ3n) is 1.11. The molecule has 0 bridgehead atoms. The summed E-state index contributed by atoms with van der Waals surface area (Å²) in [5.74, 6) is 0. The Kier molecular flexibility index (Phi) is 6.02. The first-order chi connectivity index (χ1) is 4.81. The van der Waals surface area contributed by atoms with Crippen LogP contribution in [0.5, 0.6) is 0 Å². The van der Waals surface area contributed by atoms with Gasteiger partial charge in [-0.3, -0.25) is 4.79 Å². The van der Waals surface area contributed by atoms with Gasteiger partial charge in [0.15, 0.2) is 0 Å². The first-order valence-electron chi connectivity index (χ1n) is 3.21. The monoisotopic (exact) mass is 143 g/mol. The zero-order valence-corrected chi connectivity index (χ0v) is 6.16. The van der Waals surface area contributed by atoms with Crippen LogP contribution >= 0.6 is 0 Å². The number of rotatable bonds is 5. The van der Waals surface area contributed by atoms with Crippen LogP contribution in [-0.4, -0.2) is 43.0 Å². The fraction of sp³-hybridized carbons (Fsp3) is 0.571. The lowest BCUT2D eigenvalue weighted by molar-refractivity contribution is -0.104. The molecule has 10 heavy (non-hydrogen) atoms. The molecule has 3 heteroatoms. The number of carbonyl (C=O) groups excluding carboxylic acids is 1. The third-order valence-corrected chi connectivity index (χ3v) is 1.11. The quantitative estimate of drug-likeness (QED) is 0.423. The van der Waals surface area contributed by atoms with Crippen molar-refractivity contribution in [2.24, 2.45) is 0 Å². The summed E-state index contributed by atoms with van der Waals surface area (Å²) in [4.78, 5) is 11.7. The van der Waals surface area contributed by atoms with Gasteiger partial charge < -0.3 is 10.0 Å². The highest BCUT2D eigenvalue weighted by molar-refractivity contribution is 5.64. The zero-order valence-electron chi connectivity index (χ0n) is 6.16. The molecule has 0 saturated carbocycles. The summed E-state index contributed by atoms with van der Waals surface area (Å²) in [6, 6.07) is 0. The standard InChI is InChI=1S/C7H13NO2/c1-8(5-7-10)4-2-3-6-9/h2-3,6,10H,4-5,7H2,1H3. The van der Waals surface area contributed by atoms with Gasteiger partial charge in [-0.2, -0.15) is 0 Å². The number of aliphatic hydroxyl groups is 1. The molecule has 0 aliphatic carbocycles. The summed E-state index contributed by atoms with van der Waals surface area (Å²) in [5, 5.41) is 8.46. The number of hydrogen-bond donors (Lipinski definition) is 1. The fourth-order valence-electron chi connectivity index (χ4n) is 0.558. The van der Waals surface area contributed by atoms with Crippen LogP contribution in [0.4, 0.5) is 0 Å². The molecule has 0 aromatic heterocycles. The van der Waals surface area contributed by atoms with Crippen LogP contribution in [-0.2, 0) is 4.79 Å². The lowest BCUT2D eigenvalue weighted by atomic mass is 10.4. The maximum Gasteiger partial charge on any atom is 0.142 e. The predicted octanol–water partition coefficient (Wildman–Crippen LogP) is -0.334. The minimum absolute atomic E-state index is 0.158. The van der Waals surface area contributed by atoms with Crippen molar-refractivity contribution in [2.75, 3.05) is 26.7 Å². The molecule has 0 rings (SSSR count). The predicted molar refractivity (Wildman–Crippen MR) is 39.8 cm³/mol. The average Bonchev–Trinajstić information content (AvgIpc) is 1.89. The Labute approximate surface area is 61.0 Å². The van der Waals surface area contributed by atoms with Crippen LogP contribution in [0.1, 0.15) is 0 Å². The second kappa shape index (κ2) is 6.45. The van der Waals surface area contributed by atoms with E-state index in [-0.39, 0.29) is 6.61 Å². The Morgan fingerprint density at radius 3 is 2.80 bits per heavy atom. The van der Waals surface area contributed by atoms with E-state index < -0.39 is 0 Å². The molecule has 0 atom stereocenters. The van der Waals surface area contributed by atoms with E-state index in [0.717, 1.165) is 6.29 Å². The van der Waals surface area contributed by atoms with E-state index in [0.29, 0.717) is 13.1 Å². The van der Waals surface area contributed by atoms with E-state index in [2.05, 4.69) is 0 Å². The zero-order chi connectivity index (χ0) is 7.82. The van der Waals surface area contributed by atoms with E-state index in [4.69, 9.17) is 5.11 Å². The Morgan fingerprint density at radius 2 is 2.30 bits per heavy atom.